The van der Waals surface area contributed by atoms with Gasteiger partial charge < -0.3 is 19.7 Å². The monoisotopic (exact) mass is 798 g/mol. The number of nitrogens with zero attached hydrogens (tertiary/aromatic N) is 8. The quantitative estimate of drug-likeness (QED) is 0.142. The lowest BCUT2D eigenvalue weighted by Gasteiger charge is -2.44. The van der Waals surface area contributed by atoms with Crippen molar-refractivity contribution in [2.75, 3.05) is 37.4 Å². The molecule has 3 aliphatic rings. The highest BCUT2D eigenvalue weighted by molar-refractivity contribution is 7.99. The maximum atomic E-state index is 13.3. The van der Waals surface area contributed by atoms with Crippen molar-refractivity contribution in [3.05, 3.63) is 83.0 Å². The van der Waals surface area contributed by atoms with Crippen LogP contribution in [0.3, 0.4) is 0 Å². The van der Waals surface area contributed by atoms with Gasteiger partial charge in [0.25, 0.3) is 5.91 Å². The molecule has 288 valence electrons. The molecule has 2 fully saturated rings. The molecule has 0 unspecified atom stereocenters. The number of rotatable bonds is 9. The van der Waals surface area contributed by atoms with Crippen molar-refractivity contribution < 1.29 is 9.00 Å². The van der Waals surface area contributed by atoms with E-state index < -0.39 is 11.0 Å². The number of fused-ring (bicyclic) bond motifs is 2. The first-order valence-electron chi connectivity index (χ1n) is 18.9. The van der Waals surface area contributed by atoms with Crippen LogP contribution in [0.2, 0.25) is 5.15 Å². The van der Waals surface area contributed by atoms with Crippen LogP contribution in [0.15, 0.2) is 71.0 Å². The average molecular weight is 799 g/mol. The van der Waals surface area contributed by atoms with Gasteiger partial charge in [0, 0.05) is 44.8 Å². The molecular formula is C40H47ClN10O2S2. The molecule has 2 atom stereocenters. The fourth-order valence-electron chi connectivity index (χ4n) is 8.22. The number of aromatic nitrogens is 6. The Kier molecular flexibility index (Phi) is 10.4. The summed E-state index contributed by atoms with van der Waals surface area (Å²) in [5.41, 5.74) is 4.00. The standard InChI is InChI=1S/C40H47ClN10O2S2/c1-39(2,3)55(53)48-34-28-13-9-6-10-25(28)21-40(34)16-18-50(19-17-40)32-23-43-33(24-42-32)54-30-14-15-31(45-35(30)41)46-38-44-22-26-20-29(37(52)49(4)5)51(36(26)47-38)27-11-7-8-12-27/h6,9-10,13-15,20,22-24,27,34,48H,7-8,11-12,16-19,21H2,1-5H3,(H,44,45,46,47)/t34-,55-/m1/s1. The van der Waals surface area contributed by atoms with Crippen molar-refractivity contribution in [1.29, 1.82) is 0 Å². The zero-order valence-corrected chi connectivity index (χ0v) is 34.3. The molecule has 55 heavy (non-hydrogen) atoms. The molecule has 15 heteroatoms. The number of anilines is 3. The van der Waals surface area contributed by atoms with E-state index in [2.05, 4.69) is 53.7 Å². The predicted molar refractivity (Wildman–Crippen MR) is 220 cm³/mol. The van der Waals surface area contributed by atoms with Crippen molar-refractivity contribution >= 4 is 68.9 Å². The number of piperidine rings is 1. The molecule has 2 N–H and O–H groups in total. The third-order valence-corrected chi connectivity index (χ3v) is 14.1. The van der Waals surface area contributed by atoms with Gasteiger partial charge in [0.1, 0.15) is 33.2 Å². The van der Waals surface area contributed by atoms with E-state index in [-0.39, 0.29) is 28.2 Å². The number of hydrogen-bond acceptors (Lipinski definition) is 10. The Labute approximate surface area is 333 Å². The molecule has 1 aliphatic heterocycles. The maximum absolute atomic E-state index is 13.3. The Balaban J connectivity index is 0.923. The van der Waals surface area contributed by atoms with E-state index in [1.54, 1.807) is 31.4 Å². The third-order valence-electron chi connectivity index (χ3n) is 11.2. The van der Waals surface area contributed by atoms with E-state index >= 15 is 0 Å². The minimum absolute atomic E-state index is 0.00463. The second kappa shape index (κ2) is 15.1. The van der Waals surface area contributed by atoms with E-state index in [1.165, 1.54) is 22.9 Å². The molecule has 8 rings (SSSR count). The molecule has 0 bridgehead atoms. The number of carbonyl (C=O) groups is 1. The lowest BCUT2D eigenvalue weighted by Crippen LogP contribution is -2.48. The molecule has 1 saturated heterocycles. The van der Waals surface area contributed by atoms with Crippen molar-refractivity contribution in [3.63, 3.8) is 0 Å². The van der Waals surface area contributed by atoms with Gasteiger partial charge in [-0.1, -0.05) is 60.5 Å². The second-order valence-electron chi connectivity index (χ2n) is 16.1. The molecular weight excluding hydrogens is 752 g/mol. The van der Waals surface area contributed by atoms with Crippen LogP contribution in [0.25, 0.3) is 11.0 Å². The first-order chi connectivity index (χ1) is 26.4. The Morgan fingerprint density at radius 2 is 1.76 bits per heavy atom. The predicted octanol–water partition coefficient (Wildman–Crippen LogP) is 7.92. The molecule has 5 heterocycles. The lowest BCUT2D eigenvalue weighted by atomic mass is 9.73. The van der Waals surface area contributed by atoms with Crippen LogP contribution in [0, 0.1) is 5.41 Å². The van der Waals surface area contributed by atoms with E-state index in [1.807, 2.05) is 45.2 Å². The molecule has 0 radical (unpaired) electrons. The highest BCUT2D eigenvalue weighted by atomic mass is 35.5. The number of halogens is 1. The Morgan fingerprint density at radius 3 is 2.45 bits per heavy atom. The number of hydrogen-bond donors (Lipinski definition) is 2. The van der Waals surface area contributed by atoms with Gasteiger partial charge in [0.15, 0.2) is 0 Å². The van der Waals surface area contributed by atoms with E-state index in [9.17, 15) is 9.00 Å². The van der Waals surface area contributed by atoms with Gasteiger partial charge in [-0.05, 0) is 87.6 Å². The van der Waals surface area contributed by atoms with Crippen LogP contribution in [0.4, 0.5) is 17.6 Å². The van der Waals surface area contributed by atoms with Gasteiger partial charge in [0.05, 0.1) is 39.1 Å². The Morgan fingerprint density at radius 1 is 1.00 bits per heavy atom. The summed E-state index contributed by atoms with van der Waals surface area (Å²) in [6, 6.07) is 14.5. The van der Waals surface area contributed by atoms with Gasteiger partial charge in [-0.15, -0.1) is 0 Å². The van der Waals surface area contributed by atoms with Crippen LogP contribution in [-0.2, 0) is 17.4 Å². The Hall–Kier alpha value is -4.11. The number of carbonyl (C=O) groups excluding carboxylic acids is 1. The fraction of sp³-hybridized carbons (Fsp3) is 0.450. The minimum Gasteiger partial charge on any atom is -0.355 e. The van der Waals surface area contributed by atoms with Crippen molar-refractivity contribution in [1.82, 2.24) is 39.1 Å². The molecule has 1 aromatic carbocycles. The summed E-state index contributed by atoms with van der Waals surface area (Å²) in [4.78, 5) is 41.2. The average Bonchev–Trinajstić information content (AvgIpc) is 3.89. The van der Waals surface area contributed by atoms with E-state index in [0.29, 0.717) is 27.6 Å². The molecule has 1 saturated carbocycles. The number of amides is 1. The fourth-order valence-corrected chi connectivity index (χ4v) is 10.1. The van der Waals surface area contributed by atoms with Crippen molar-refractivity contribution in [2.45, 2.75) is 92.5 Å². The summed E-state index contributed by atoms with van der Waals surface area (Å²) in [5.74, 6) is 1.69. The van der Waals surface area contributed by atoms with Crippen molar-refractivity contribution in [3.8, 4) is 0 Å². The number of benzene rings is 1. The Bertz CT molecular complexity index is 2240. The summed E-state index contributed by atoms with van der Waals surface area (Å²) in [6.07, 6.45) is 12.6. The summed E-state index contributed by atoms with van der Waals surface area (Å²) >= 11 is 8.10. The van der Waals surface area contributed by atoms with Crippen LogP contribution < -0.4 is 14.9 Å². The summed E-state index contributed by atoms with van der Waals surface area (Å²) in [6.45, 7) is 7.75. The number of nitrogens with one attached hydrogen (secondary N) is 2. The molecule has 1 amide bonds. The zero-order chi connectivity index (χ0) is 38.5. The van der Waals surface area contributed by atoms with Gasteiger partial charge in [-0.25, -0.2) is 28.9 Å². The van der Waals surface area contributed by atoms with Crippen LogP contribution in [-0.4, -0.2) is 76.4 Å². The molecule has 1 spiro atoms. The van der Waals surface area contributed by atoms with E-state index in [0.717, 1.165) is 79.8 Å². The topological polar surface area (TPSA) is 134 Å². The first-order valence-corrected chi connectivity index (χ1v) is 21.3. The van der Waals surface area contributed by atoms with Crippen LogP contribution in [0.5, 0.6) is 0 Å². The summed E-state index contributed by atoms with van der Waals surface area (Å²) < 4.78 is 18.6. The van der Waals surface area contributed by atoms with Gasteiger partial charge in [0.2, 0.25) is 5.95 Å². The van der Waals surface area contributed by atoms with Crippen molar-refractivity contribution in [2.24, 2.45) is 5.41 Å². The molecule has 5 aromatic rings. The maximum Gasteiger partial charge on any atom is 0.270 e. The summed E-state index contributed by atoms with van der Waals surface area (Å²) in [7, 11) is 2.37. The van der Waals surface area contributed by atoms with Gasteiger partial charge in [-0.2, -0.15) is 4.98 Å². The molecule has 2 aliphatic carbocycles. The molecule has 4 aromatic heterocycles. The van der Waals surface area contributed by atoms with Gasteiger partial charge >= 0.3 is 0 Å². The molecule has 12 nitrogen and oxygen atoms in total. The normalized spacial score (nSPS) is 18.9. The lowest BCUT2D eigenvalue weighted by molar-refractivity contribution is 0.0815. The summed E-state index contributed by atoms with van der Waals surface area (Å²) in [5, 5.41) is 5.07. The smallest absolute Gasteiger partial charge is 0.270 e. The van der Waals surface area contributed by atoms with Gasteiger partial charge in [-0.3, -0.25) is 4.79 Å². The van der Waals surface area contributed by atoms with E-state index in [4.69, 9.17) is 26.6 Å². The van der Waals surface area contributed by atoms with Crippen LogP contribution in [0.1, 0.15) is 93.0 Å². The number of pyridine rings is 1. The largest absolute Gasteiger partial charge is 0.355 e. The minimum atomic E-state index is -1.17. The second-order valence-corrected chi connectivity index (χ2v) is 19.5. The first kappa shape index (κ1) is 37.8. The SMILES string of the molecule is CN(C)C(=O)c1cc2cnc(Nc3ccc(Sc4cnc(N5CCC6(CC5)Cc5ccccc5[C@H]6N[S@](=O)C(C)(C)C)cn4)c(Cl)n3)nc2n1C1CCCC1. The highest BCUT2D eigenvalue weighted by Crippen LogP contribution is 2.52. The van der Waals surface area contributed by atoms with Crippen LogP contribution >= 0.6 is 23.4 Å². The zero-order valence-electron chi connectivity index (χ0n) is 31.9. The highest BCUT2D eigenvalue weighted by Gasteiger charge is 2.49. The third kappa shape index (κ3) is 7.58.